The number of carbonyl (C=O) groups is 1. The molecule has 0 aliphatic rings. The molecule has 0 saturated carbocycles. The molecular weight excluding hydrogens is 320 g/mol. The van der Waals surface area contributed by atoms with E-state index >= 15 is 0 Å². The van der Waals surface area contributed by atoms with Gasteiger partial charge in [0.1, 0.15) is 5.60 Å². The fraction of sp³-hybridized carbons (Fsp3) is 0.333. The summed E-state index contributed by atoms with van der Waals surface area (Å²) in [5.41, 5.74) is 1.19. The van der Waals surface area contributed by atoms with Crippen molar-refractivity contribution in [2.24, 2.45) is 0 Å². The number of halogens is 1. The molecule has 0 unspecified atom stereocenters. The molecule has 2 aromatic rings. The summed E-state index contributed by atoms with van der Waals surface area (Å²) in [5.74, 6) is 0. The largest absolute Gasteiger partial charge is 0.444 e. The van der Waals surface area contributed by atoms with Crippen LogP contribution in [0.5, 0.6) is 0 Å². The fourth-order valence-electron chi connectivity index (χ4n) is 1.73. The van der Waals surface area contributed by atoms with E-state index in [0.717, 1.165) is 21.1 Å². The molecule has 0 atom stereocenters. The van der Waals surface area contributed by atoms with E-state index in [9.17, 15) is 4.79 Å². The van der Waals surface area contributed by atoms with Gasteiger partial charge in [0.05, 0.1) is 17.8 Å². The lowest BCUT2D eigenvalue weighted by Gasteiger charge is -2.19. The number of fused-ring (bicyclic) bond motifs is 1. The maximum Gasteiger partial charge on any atom is 0.407 e. The van der Waals surface area contributed by atoms with E-state index in [-0.39, 0.29) is 0 Å². The Kier molecular flexibility index (Phi) is 4.28. The molecule has 1 N–H and O–H groups in total. The summed E-state index contributed by atoms with van der Waals surface area (Å²) >= 11 is 3.49. The third-order valence-corrected chi connectivity index (χ3v) is 3.24. The van der Waals surface area contributed by atoms with Crippen LogP contribution >= 0.6 is 15.9 Å². The van der Waals surface area contributed by atoms with Gasteiger partial charge in [0.25, 0.3) is 0 Å². The van der Waals surface area contributed by atoms with Crippen LogP contribution in [0.4, 0.5) is 4.79 Å². The molecule has 4 nitrogen and oxygen atoms in total. The summed E-state index contributed by atoms with van der Waals surface area (Å²) in [5, 5.41) is 3.75. The third kappa shape index (κ3) is 3.93. The zero-order valence-corrected chi connectivity index (χ0v) is 13.3. The zero-order valence-electron chi connectivity index (χ0n) is 11.7. The van der Waals surface area contributed by atoms with Crippen LogP contribution in [0.3, 0.4) is 0 Å². The van der Waals surface area contributed by atoms with Gasteiger partial charge in [-0.2, -0.15) is 0 Å². The number of carbonyl (C=O) groups excluding carboxylic acids is 1. The highest BCUT2D eigenvalue weighted by molar-refractivity contribution is 9.10. The molecule has 2 rings (SSSR count). The van der Waals surface area contributed by atoms with Crippen molar-refractivity contribution in [2.45, 2.75) is 32.9 Å². The molecular formula is C15H17BrN2O2. The molecule has 0 bridgehead atoms. The Hall–Kier alpha value is -1.62. The normalized spacial score (nSPS) is 11.4. The average molecular weight is 337 g/mol. The Morgan fingerprint density at radius 1 is 1.30 bits per heavy atom. The predicted molar refractivity (Wildman–Crippen MR) is 82.5 cm³/mol. The molecule has 1 amide bonds. The number of hydrogen-bond acceptors (Lipinski definition) is 3. The SMILES string of the molecule is CC(C)(C)OC(=O)NCc1ccc2c(Br)cccc2n1. The topological polar surface area (TPSA) is 51.2 Å². The van der Waals surface area contributed by atoms with E-state index in [4.69, 9.17) is 4.74 Å². The standard InChI is InChI=1S/C15H17BrN2O2/c1-15(2,3)20-14(19)17-9-10-7-8-11-12(16)5-4-6-13(11)18-10/h4-8H,9H2,1-3H3,(H,17,19). The number of hydrogen-bond donors (Lipinski definition) is 1. The van der Waals surface area contributed by atoms with Gasteiger partial charge in [-0.05, 0) is 45.0 Å². The Morgan fingerprint density at radius 3 is 2.75 bits per heavy atom. The van der Waals surface area contributed by atoms with Crippen molar-refractivity contribution in [3.05, 3.63) is 40.5 Å². The molecule has 5 heteroatoms. The first-order valence-electron chi connectivity index (χ1n) is 6.36. The van der Waals surface area contributed by atoms with Gasteiger partial charge in [0.2, 0.25) is 0 Å². The van der Waals surface area contributed by atoms with E-state index in [1.165, 1.54) is 0 Å². The van der Waals surface area contributed by atoms with Crippen LogP contribution in [0.1, 0.15) is 26.5 Å². The second-order valence-corrected chi connectivity index (χ2v) is 6.32. The molecule has 0 aliphatic carbocycles. The summed E-state index contributed by atoms with van der Waals surface area (Å²) in [7, 11) is 0. The van der Waals surface area contributed by atoms with Gasteiger partial charge in [0.15, 0.2) is 0 Å². The van der Waals surface area contributed by atoms with Crippen LogP contribution < -0.4 is 5.32 Å². The van der Waals surface area contributed by atoms with Gasteiger partial charge < -0.3 is 10.1 Å². The summed E-state index contributed by atoms with van der Waals surface area (Å²) < 4.78 is 6.19. The van der Waals surface area contributed by atoms with E-state index in [1.54, 1.807) is 0 Å². The van der Waals surface area contributed by atoms with Crippen molar-refractivity contribution in [1.82, 2.24) is 10.3 Å². The smallest absolute Gasteiger partial charge is 0.407 e. The van der Waals surface area contributed by atoms with Crippen molar-refractivity contribution < 1.29 is 9.53 Å². The first kappa shape index (κ1) is 14.8. The second-order valence-electron chi connectivity index (χ2n) is 5.46. The quantitative estimate of drug-likeness (QED) is 0.900. The highest BCUT2D eigenvalue weighted by atomic mass is 79.9. The monoisotopic (exact) mass is 336 g/mol. The average Bonchev–Trinajstić information content (AvgIpc) is 2.34. The van der Waals surface area contributed by atoms with Crippen molar-refractivity contribution >= 4 is 32.9 Å². The van der Waals surface area contributed by atoms with E-state index in [1.807, 2.05) is 51.1 Å². The Labute approximate surface area is 126 Å². The number of amides is 1. The summed E-state index contributed by atoms with van der Waals surface area (Å²) in [6.07, 6.45) is -0.436. The number of ether oxygens (including phenoxy) is 1. The minimum Gasteiger partial charge on any atom is -0.444 e. The second kappa shape index (κ2) is 5.79. The minimum absolute atomic E-state index is 0.345. The molecule has 0 spiro atoms. The maximum absolute atomic E-state index is 11.6. The highest BCUT2D eigenvalue weighted by Gasteiger charge is 2.15. The summed E-state index contributed by atoms with van der Waals surface area (Å²) in [6.45, 7) is 5.84. The van der Waals surface area contributed by atoms with Crippen LogP contribution in [-0.2, 0) is 11.3 Å². The molecule has 1 heterocycles. The Morgan fingerprint density at radius 2 is 2.05 bits per heavy atom. The summed E-state index contributed by atoms with van der Waals surface area (Å²) in [4.78, 5) is 16.1. The lowest BCUT2D eigenvalue weighted by atomic mass is 10.2. The molecule has 1 aromatic heterocycles. The van der Waals surface area contributed by atoms with Crippen molar-refractivity contribution in [1.29, 1.82) is 0 Å². The molecule has 0 saturated heterocycles. The number of benzene rings is 1. The lowest BCUT2D eigenvalue weighted by Crippen LogP contribution is -2.32. The number of alkyl carbamates (subject to hydrolysis) is 1. The van der Waals surface area contributed by atoms with Crippen LogP contribution in [0.2, 0.25) is 0 Å². The zero-order chi connectivity index (χ0) is 14.8. The molecule has 20 heavy (non-hydrogen) atoms. The highest BCUT2D eigenvalue weighted by Crippen LogP contribution is 2.22. The van der Waals surface area contributed by atoms with Crippen molar-refractivity contribution in [3.8, 4) is 0 Å². The first-order valence-corrected chi connectivity index (χ1v) is 7.15. The van der Waals surface area contributed by atoms with E-state index < -0.39 is 11.7 Å². The number of pyridine rings is 1. The van der Waals surface area contributed by atoms with Gasteiger partial charge in [-0.1, -0.05) is 22.0 Å². The van der Waals surface area contributed by atoms with Crippen LogP contribution in [-0.4, -0.2) is 16.7 Å². The van der Waals surface area contributed by atoms with Crippen LogP contribution in [0, 0.1) is 0 Å². The number of nitrogens with zero attached hydrogens (tertiary/aromatic N) is 1. The molecule has 106 valence electrons. The molecule has 0 fully saturated rings. The third-order valence-electron chi connectivity index (χ3n) is 2.55. The van der Waals surface area contributed by atoms with E-state index in [0.29, 0.717) is 6.54 Å². The predicted octanol–water partition coefficient (Wildman–Crippen LogP) is 4.02. The van der Waals surface area contributed by atoms with Gasteiger partial charge in [-0.15, -0.1) is 0 Å². The summed E-state index contributed by atoms with van der Waals surface area (Å²) in [6, 6.07) is 9.73. The van der Waals surface area contributed by atoms with Crippen molar-refractivity contribution in [3.63, 3.8) is 0 Å². The van der Waals surface area contributed by atoms with Gasteiger partial charge in [-0.25, -0.2) is 4.79 Å². The maximum atomic E-state index is 11.6. The number of nitrogens with one attached hydrogen (secondary N) is 1. The van der Waals surface area contributed by atoms with Gasteiger partial charge in [-0.3, -0.25) is 4.98 Å². The van der Waals surface area contributed by atoms with E-state index in [2.05, 4.69) is 26.2 Å². The number of aromatic nitrogens is 1. The minimum atomic E-state index is -0.494. The molecule has 0 aliphatic heterocycles. The molecule has 1 aromatic carbocycles. The molecule has 0 radical (unpaired) electrons. The van der Waals surface area contributed by atoms with Crippen molar-refractivity contribution in [2.75, 3.05) is 0 Å². The van der Waals surface area contributed by atoms with Gasteiger partial charge >= 0.3 is 6.09 Å². The first-order chi connectivity index (χ1) is 9.35. The fourth-order valence-corrected chi connectivity index (χ4v) is 2.22. The number of rotatable bonds is 2. The lowest BCUT2D eigenvalue weighted by molar-refractivity contribution is 0.0523. The van der Waals surface area contributed by atoms with Crippen LogP contribution in [0.25, 0.3) is 10.9 Å². The Bertz CT molecular complexity index is 635. The van der Waals surface area contributed by atoms with Crippen LogP contribution in [0.15, 0.2) is 34.8 Å². The Balaban J connectivity index is 2.06. The van der Waals surface area contributed by atoms with Gasteiger partial charge in [0, 0.05) is 9.86 Å².